The number of carbonyl (C=O) groups is 3. The Balaban J connectivity index is 1.77. The number of aliphatic hydroxyl groups is 3. The summed E-state index contributed by atoms with van der Waals surface area (Å²) in [4.78, 5) is 42.8. The van der Waals surface area contributed by atoms with Gasteiger partial charge in [-0.15, -0.1) is 0 Å². The number of nitrogens with zero attached hydrogens (tertiary/aromatic N) is 2. The first-order chi connectivity index (χ1) is 18.7. The number of Topliss-reactive ketones (excluding diaryl/α,β-unsaturated/α-hetero) is 2. The summed E-state index contributed by atoms with van der Waals surface area (Å²) in [6.45, 7) is 0.594. The summed E-state index contributed by atoms with van der Waals surface area (Å²) >= 11 is 0. The van der Waals surface area contributed by atoms with Crippen LogP contribution in [0.15, 0.2) is 35.1 Å². The van der Waals surface area contributed by atoms with E-state index in [1.165, 1.54) is 12.0 Å². The Morgan fingerprint density at radius 3 is 2.38 bits per heavy atom. The molecule has 0 bridgehead atoms. The minimum atomic E-state index is -2.68. The van der Waals surface area contributed by atoms with Gasteiger partial charge >= 0.3 is 0 Å². The maximum Gasteiger partial charge on any atom is 0.255 e. The molecule has 1 amide bonds. The Morgan fingerprint density at radius 1 is 1.12 bits per heavy atom. The average molecular weight is 552 g/mol. The van der Waals surface area contributed by atoms with E-state index in [9.17, 15) is 34.8 Å². The number of methoxy groups -OCH3 is 1. The first kappa shape index (κ1) is 27.6. The molecule has 1 fully saturated rings. The predicted molar refractivity (Wildman–Crippen MR) is 146 cm³/mol. The summed E-state index contributed by atoms with van der Waals surface area (Å²) < 4.78 is 5.77. The number of primary amides is 1. The van der Waals surface area contributed by atoms with Crippen LogP contribution in [0.25, 0.3) is 16.5 Å². The molecule has 2 aromatic carbocycles. The van der Waals surface area contributed by atoms with Crippen LogP contribution in [-0.2, 0) is 27.3 Å². The van der Waals surface area contributed by atoms with E-state index in [2.05, 4.69) is 0 Å². The third kappa shape index (κ3) is 3.65. The van der Waals surface area contributed by atoms with Gasteiger partial charge in [0.2, 0.25) is 5.78 Å². The highest BCUT2D eigenvalue weighted by Gasteiger charge is 2.64. The molecule has 2 aromatic rings. The van der Waals surface area contributed by atoms with E-state index in [1.807, 2.05) is 31.1 Å². The van der Waals surface area contributed by atoms with Gasteiger partial charge in [-0.1, -0.05) is 12.1 Å². The molecule has 0 aliphatic heterocycles. The van der Waals surface area contributed by atoms with Crippen molar-refractivity contribution in [1.82, 2.24) is 9.80 Å². The van der Waals surface area contributed by atoms with Crippen LogP contribution < -0.4 is 10.5 Å². The van der Waals surface area contributed by atoms with Gasteiger partial charge < -0.3 is 35.8 Å². The second-order valence-electron chi connectivity index (χ2n) is 11.3. The third-order valence-corrected chi connectivity index (χ3v) is 8.41. The number of hydrogen-bond acceptors (Lipinski definition) is 10. The Morgan fingerprint density at radius 2 is 1.80 bits per heavy atom. The number of fused-ring (bicyclic) bond motifs is 4. The highest BCUT2D eigenvalue weighted by Crippen LogP contribution is 2.55. The van der Waals surface area contributed by atoms with Gasteiger partial charge in [0, 0.05) is 34.4 Å². The number of aromatic hydroxyl groups is 1. The lowest BCUT2D eigenvalue weighted by atomic mass is 9.57. The first-order valence-corrected chi connectivity index (χ1v) is 12.9. The summed E-state index contributed by atoms with van der Waals surface area (Å²) in [6.07, 6.45) is 0.163. The van der Waals surface area contributed by atoms with Crippen LogP contribution in [0.5, 0.6) is 11.5 Å². The molecule has 0 radical (unpaired) electrons. The van der Waals surface area contributed by atoms with Crippen molar-refractivity contribution in [3.63, 3.8) is 0 Å². The summed E-state index contributed by atoms with van der Waals surface area (Å²) in [5.74, 6) is -6.41. The van der Waals surface area contributed by atoms with Crippen LogP contribution in [0, 0.1) is 11.8 Å². The van der Waals surface area contributed by atoms with Gasteiger partial charge in [0.05, 0.1) is 18.7 Å². The summed E-state index contributed by atoms with van der Waals surface area (Å²) in [5, 5.41) is 46.8. The molecule has 40 heavy (non-hydrogen) atoms. The van der Waals surface area contributed by atoms with Gasteiger partial charge in [-0.2, -0.15) is 0 Å². The highest BCUT2D eigenvalue weighted by molar-refractivity contribution is 6.24. The van der Waals surface area contributed by atoms with Gasteiger partial charge in [-0.05, 0) is 58.6 Å². The van der Waals surface area contributed by atoms with E-state index in [0.717, 1.165) is 5.56 Å². The normalized spacial score (nSPS) is 26.4. The third-order valence-electron chi connectivity index (χ3n) is 8.41. The lowest BCUT2D eigenvalue weighted by molar-refractivity contribution is -0.153. The smallest absolute Gasteiger partial charge is 0.255 e. The summed E-state index contributed by atoms with van der Waals surface area (Å²) in [6, 6.07) is 4.40. The van der Waals surface area contributed by atoms with Crippen molar-refractivity contribution in [2.24, 2.45) is 17.6 Å². The molecular weight excluding hydrogens is 518 g/mol. The van der Waals surface area contributed by atoms with E-state index in [0.29, 0.717) is 28.6 Å². The molecule has 6 N–H and O–H groups in total. The van der Waals surface area contributed by atoms with Crippen molar-refractivity contribution in [3.05, 3.63) is 51.8 Å². The van der Waals surface area contributed by atoms with E-state index < -0.39 is 58.0 Å². The topological polar surface area (TPSA) is 174 Å². The van der Waals surface area contributed by atoms with Crippen LogP contribution >= 0.6 is 0 Å². The zero-order valence-corrected chi connectivity index (χ0v) is 23.0. The van der Waals surface area contributed by atoms with E-state index in [4.69, 9.17) is 10.5 Å². The number of aliphatic hydroxyl groups excluding tert-OH is 2. The molecule has 0 aromatic heterocycles. The summed E-state index contributed by atoms with van der Waals surface area (Å²) in [5.41, 5.74) is 3.04. The number of phenols is 1. The minimum Gasteiger partial charge on any atom is -0.508 e. The van der Waals surface area contributed by atoms with Gasteiger partial charge in [0.15, 0.2) is 11.4 Å². The van der Waals surface area contributed by atoms with Crippen molar-refractivity contribution in [2.45, 2.75) is 31.0 Å². The van der Waals surface area contributed by atoms with E-state index in [-0.39, 0.29) is 29.7 Å². The first-order valence-electron chi connectivity index (χ1n) is 12.9. The molecule has 0 spiro atoms. The number of hydrogen-bond donors (Lipinski definition) is 5. The molecule has 5 rings (SSSR count). The maximum absolute atomic E-state index is 14.0. The standard InChI is InChI=1S/C29H33N3O8/c1-31(2)11-12-6-7-14-15(8-12)22(33)19-16(25(14)40-5)9-13-10-17-21(32(3)4)24(35)20(28(30)38)27(37)29(17,39)26(36)18(13)23(19)34/h6-8,13,17,21,33-34,37,39H,9-11H2,1-5H3,(H2,30,38)/t13-,17-,21-,29-/m0/s1. The summed E-state index contributed by atoms with van der Waals surface area (Å²) in [7, 11) is 8.43. The van der Waals surface area contributed by atoms with Gasteiger partial charge in [0.1, 0.15) is 28.6 Å². The predicted octanol–water partition coefficient (Wildman–Crippen LogP) is 1.19. The fourth-order valence-electron chi connectivity index (χ4n) is 6.82. The highest BCUT2D eigenvalue weighted by atomic mass is 16.5. The molecule has 3 aliphatic carbocycles. The number of amides is 1. The van der Waals surface area contributed by atoms with Gasteiger partial charge in [-0.3, -0.25) is 19.3 Å². The van der Waals surface area contributed by atoms with Crippen LogP contribution in [0.3, 0.4) is 0 Å². The number of nitrogens with two attached hydrogens (primary N) is 1. The van der Waals surface area contributed by atoms with E-state index in [1.54, 1.807) is 20.2 Å². The Kier molecular flexibility index (Phi) is 6.44. The maximum atomic E-state index is 14.0. The molecular formula is C29H33N3O8. The van der Waals surface area contributed by atoms with Crippen molar-refractivity contribution in [1.29, 1.82) is 0 Å². The fraction of sp³-hybridized carbons (Fsp3) is 0.414. The lowest BCUT2D eigenvalue weighted by Gasteiger charge is -2.50. The van der Waals surface area contributed by atoms with Crippen molar-refractivity contribution in [2.75, 3.05) is 35.3 Å². The van der Waals surface area contributed by atoms with Crippen molar-refractivity contribution in [3.8, 4) is 11.5 Å². The van der Waals surface area contributed by atoms with E-state index >= 15 is 0 Å². The molecule has 11 heteroatoms. The second-order valence-corrected chi connectivity index (χ2v) is 11.3. The fourth-order valence-corrected chi connectivity index (χ4v) is 6.82. The number of benzene rings is 2. The van der Waals surface area contributed by atoms with Crippen LogP contribution in [-0.4, -0.2) is 94.6 Å². The quantitative estimate of drug-likeness (QED) is 0.340. The van der Waals surface area contributed by atoms with Crippen LogP contribution in [0.4, 0.5) is 0 Å². The number of phenolic OH excluding ortho intramolecular Hbond substituents is 1. The zero-order valence-electron chi connectivity index (χ0n) is 23.0. The molecule has 1 saturated carbocycles. The zero-order chi connectivity index (χ0) is 29.4. The Labute approximate surface area is 230 Å². The number of likely N-dealkylation sites (N-methyl/N-ethyl adjacent to an activating group) is 1. The number of ketones is 2. The average Bonchev–Trinajstić information content (AvgIpc) is 2.86. The molecule has 3 aliphatic rings. The van der Waals surface area contributed by atoms with Gasteiger partial charge in [-0.25, -0.2) is 0 Å². The Bertz CT molecular complexity index is 1560. The molecule has 0 unspecified atom stereocenters. The molecule has 4 atom stereocenters. The van der Waals surface area contributed by atoms with Crippen LogP contribution in [0.1, 0.15) is 23.1 Å². The molecule has 212 valence electrons. The number of rotatable bonds is 5. The minimum absolute atomic E-state index is 0.00245. The molecule has 0 heterocycles. The monoisotopic (exact) mass is 551 g/mol. The Hall–Kier alpha value is -3.93. The lowest BCUT2D eigenvalue weighted by Crippen LogP contribution is -2.65. The SMILES string of the molecule is COc1c2c(c(O)c3cc(CN(C)C)ccc13)C(O)=C1C(=O)[C@]3(O)C(O)=C(C(N)=O)C(=O)[C@@H](N(C)C)[C@@H]3C[C@@H]1C2. The number of carbonyl (C=O) groups excluding carboxylic acids is 3. The van der Waals surface area contributed by atoms with Crippen molar-refractivity contribution >= 4 is 34.0 Å². The second kappa shape index (κ2) is 9.33. The van der Waals surface area contributed by atoms with Crippen LogP contribution in [0.2, 0.25) is 0 Å². The number of ether oxygens (including phenoxy) is 1. The molecule has 11 nitrogen and oxygen atoms in total. The molecule has 0 saturated heterocycles. The van der Waals surface area contributed by atoms with Gasteiger partial charge in [0.25, 0.3) is 5.91 Å². The van der Waals surface area contributed by atoms with Crippen molar-refractivity contribution < 1.29 is 39.5 Å². The largest absolute Gasteiger partial charge is 0.508 e.